The van der Waals surface area contributed by atoms with E-state index < -0.39 is 0 Å². The summed E-state index contributed by atoms with van der Waals surface area (Å²) in [7, 11) is 0. The molecule has 27 heavy (non-hydrogen) atoms. The van der Waals surface area contributed by atoms with E-state index in [9.17, 15) is 4.79 Å². The molecule has 0 atom stereocenters. The molecule has 0 fully saturated rings. The molecule has 1 amide bonds. The van der Waals surface area contributed by atoms with E-state index in [4.69, 9.17) is 8.83 Å². The molecule has 1 N–H and O–H groups in total. The third kappa shape index (κ3) is 2.85. The highest BCUT2D eigenvalue weighted by molar-refractivity contribution is 6.04. The average Bonchev–Trinajstić information content (AvgIpc) is 3.32. The first-order valence-electron chi connectivity index (χ1n) is 8.52. The van der Waals surface area contributed by atoms with E-state index in [0.717, 1.165) is 22.0 Å². The van der Waals surface area contributed by atoms with E-state index in [0.29, 0.717) is 17.2 Å². The van der Waals surface area contributed by atoms with Crippen LogP contribution >= 0.6 is 0 Å². The van der Waals surface area contributed by atoms with Gasteiger partial charge in [-0.05, 0) is 48.5 Å². The zero-order chi connectivity index (χ0) is 18.2. The van der Waals surface area contributed by atoms with Crippen LogP contribution in [0.15, 0.2) is 87.7 Å². The molecule has 0 aliphatic heterocycles. The van der Waals surface area contributed by atoms with Gasteiger partial charge in [0.2, 0.25) is 5.89 Å². The van der Waals surface area contributed by atoms with Crippen molar-refractivity contribution in [3.05, 3.63) is 84.6 Å². The molecular formula is C22H14N2O3. The first-order chi connectivity index (χ1) is 13.3. The molecule has 0 aliphatic carbocycles. The lowest BCUT2D eigenvalue weighted by Crippen LogP contribution is -2.10. The minimum atomic E-state index is -0.291. The highest BCUT2D eigenvalue weighted by Gasteiger charge is 2.13. The Kier molecular flexibility index (Phi) is 3.50. The number of aromatic nitrogens is 1. The van der Waals surface area contributed by atoms with Gasteiger partial charge in [-0.3, -0.25) is 4.79 Å². The summed E-state index contributed by atoms with van der Waals surface area (Å²) in [6.45, 7) is 0. The molecule has 0 bridgehead atoms. The Morgan fingerprint density at radius 3 is 2.33 bits per heavy atom. The number of nitrogens with zero attached hydrogens (tertiary/aromatic N) is 1. The normalized spacial score (nSPS) is 11.1. The fourth-order valence-electron chi connectivity index (χ4n) is 2.98. The predicted octanol–water partition coefficient (Wildman–Crippen LogP) is 5.49. The summed E-state index contributed by atoms with van der Waals surface area (Å²) in [5.74, 6) is 0.534. The number of nitrogens with one attached hydrogen (secondary N) is 1. The lowest BCUT2D eigenvalue weighted by molar-refractivity contribution is 0.0998. The first-order valence-corrected chi connectivity index (χ1v) is 8.52. The number of benzene rings is 3. The molecule has 5 nitrogen and oxygen atoms in total. The van der Waals surface area contributed by atoms with Crippen LogP contribution in [0.3, 0.4) is 0 Å². The lowest BCUT2D eigenvalue weighted by atomic mass is 10.2. The maximum absolute atomic E-state index is 12.4. The molecule has 0 saturated carbocycles. The fourth-order valence-corrected chi connectivity index (χ4v) is 2.98. The Labute approximate surface area is 154 Å². The van der Waals surface area contributed by atoms with Crippen molar-refractivity contribution in [2.75, 3.05) is 5.32 Å². The number of anilines is 1. The van der Waals surface area contributed by atoms with Gasteiger partial charge in [-0.1, -0.05) is 30.3 Å². The van der Waals surface area contributed by atoms with Gasteiger partial charge in [-0.15, -0.1) is 0 Å². The van der Waals surface area contributed by atoms with Crippen molar-refractivity contribution < 1.29 is 13.6 Å². The van der Waals surface area contributed by atoms with Crippen molar-refractivity contribution in [3.63, 3.8) is 0 Å². The van der Waals surface area contributed by atoms with E-state index in [1.54, 1.807) is 6.07 Å². The molecule has 0 aliphatic rings. The third-order valence-electron chi connectivity index (χ3n) is 4.33. The van der Waals surface area contributed by atoms with Crippen molar-refractivity contribution in [1.29, 1.82) is 0 Å². The van der Waals surface area contributed by atoms with Gasteiger partial charge in [0.1, 0.15) is 11.1 Å². The van der Waals surface area contributed by atoms with E-state index in [2.05, 4.69) is 10.3 Å². The molecule has 0 saturated heterocycles. The summed E-state index contributed by atoms with van der Waals surface area (Å²) >= 11 is 0. The topological polar surface area (TPSA) is 68.3 Å². The molecule has 130 valence electrons. The number of fused-ring (bicyclic) bond motifs is 2. The van der Waals surface area contributed by atoms with Gasteiger partial charge in [0, 0.05) is 16.6 Å². The number of para-hydroxylation sites is 3. The van der Waals surface area contributed by atoms with Crippen molar-refractivity contribution in [3.8, 4) is 11.5 Å². The van der Waals surface area contributed by atoms with Crippen molar-refractivity contribution >= 4 is 33.7 Å². The van der Waals surface area contributed by atoms with Crippen LogP contribution in [0, 0.1) is 0 Å². The number of rotatable bonds is 3. The summed E-state index contributed by atoms with van der Waals surface area (Å²) in [4.78, 5) is 16.9. The molecule has 2 aromatic heterocycles. The van der Waals surface area contributed by atoms with E-state index in [-0.39, 0.29) is 11.7 Å². The van der Waals surface area contributed by atoms with E-state index in [1.807, 2.05) is 72.8 Å². The minimum Gasteiger partial charge on any atom is -0.451 e. The maximum Gasteiger partial charge on any atom is 0.291 e. The zero-order valence-corrected chi connectivity index (χ0v) is 14.2. The first kappa shape index (κ1) is 15.4. The predicted molar refractivity (Wildman–Crippen MR) is 104 cm³/mol. The second kappa shape index (κ2) is 6.14. The van der Waals surface area contributed by atoms with Gasteiger partial charge in [0.15, 0.2) is 11.3 Å². The number of hydrogen-bond acceptors (Lipinski definition) is 4. The molecule has 0 spiro atoms. The molecule has 0 radical (unpaired) electrons. The Morgan fingerprint density at radius 1 is 0.815 bits per heavy atom. The van der Waals surface area contributed by atoms with Gasteiger partial charge >= 0.3 is 0 Å². The number of carbonyl (C=O) groups is 1. The van der Waals surface area contributed by atoms with Gasteiger partial charge in [0.05, 0.1) is 0 Å². The van der Waals surface area contributed by atoms with Crippen molar-refractivity contribution in [1.82, 2.24) is 4.98 Å². The van der Waals surface area contributed by atoms with E-state index >= 15 is 0 Å². The van der Waals surface area contributed by atoms with Crippen LogP contribution in [0.5, 0.6) is 0 Å². The number of amides is 1. The van der Waals surface area contributed by atoms with Gasteiger partial charge < -0.3 is 14.2 Å². The second-order valence-corrected chi connectivity index (χ2v) is 6.17. The Hall–Kier alpha value is -3.86. The summed E-state index contributed by atoms with van der Waals surface area (Å²) in [5.41, 5.74) is 3.76. The minimum absolute atomic E-state index is 0.277. The lowest BCUT2D eigenvalue weighted by Gasteiger charge is -2.03. The van der Waals surface area contributed by atoms with Crippen LogP contribution in [0.1, 0.15) is 10.6 Å². The molecule has 0 unspecified atom stereocenters. The Morgan fingerprint density at radius 2 is 1.56 bits per heavy atom. The highest BCUT2D eigenvalue weighted by atomic mass is 16.4. The number of oxazole rings is 1. The van der Waals surface area contributed by atoms with Crippen LogP contribution in [0.4, 0.5) is 5.69 Å². The SMILES string of the molecule is O=C(Nc1ccc(-c2nc3ccccc3o2)cc1)c1cc2ccccc2o1. The Bertz CT molecular complexity index is 1200. The summed E-state index contributed by atoms with van der Waals surface area (Å²) < 4.78 is 11.4. The fraction of sp³-hybridized carbons (Fsp3) is 0. The molecule has 5 aromatic rings. The number of furan rings is 1. The molecule has 5 heteroatoms. The quantitative estimate of drug-likeness (QED) is 0.465. The van der Waals surface area contributed by atoms with Gasteiger partial charge in [0.25, 0.3) is 5.91 Å². The van der Waals surface area contributed by atoms with Crippen LogP contribution in [0.2, 0.25) is 0 Å². The van der Waals surface area contributed by atoms with Crippen LogP contribution in [-0.2, 0) is 0 Å². The number of carbonyl (C=O) groups excluding carboxylic acids is 1. The third-order valence-corrected chi connectivity index (χ3v) is 4.33. The second-order valence-electron chi connectivity index (χ2n) is 6.17. The van der Waals surface area contributed by atoms with E-state index in [1.165, 1.54) is 0 Å². The monoisotopic (exact) mass is 354 g/mol. The van der Waals surface area contributed by atoms with Gasteiger partial charge in [-0.2, -0.15) is 0 Å². The Balaban J connectivity index is 1.37. The van der Waals surface area contributed by atoms with Crippen LogP contribution in [-0.4, -0.2) is 10.9 Å². The highest BCUT2D eigenvalue weighted by Crippen LogP contribution is 2.25. The zero-order valence-electron chi connectivity index (χ0n) is 14.2. The van der Waals surface area contributed by atoms with Crippen molar-refractivity contribution in [2.24, 2.45) is 0 Å². The standard InChI is InChI=1S/C22H14N2O3/c25-21(20-13-15-5-1-3-7-18(15)26-20)23-16-11-9-14(10-12-16)22-24-17-6-2-4-8-19(17)27-22/h1-13H,(H,23,25). The molecule has 5 rings (SSSR count). The van der Waals surface area contributed by atoms with Crippen molar-refractivity contribution in [2.45, 2.75) is 0 Å². The summed E-state index contributed by atoms with van der Waals surface area (Å²) in [6.07, 6.45) is 0. The molecule has 3 aromatic carbocycles. The summed E-state index contributed by atoms with van der Waals surface area (Å²) in [6, 6.07) is 24.2. The molecular weight excluding hydrogens is 340 g/mol. The smallest absolute Gasteiger partial charge is 0.291 e. The summed E-state index contributed by atoms with van der Waals surface area (Å²) in [5, 5.41) is 3.74. The largest absolute Gasteiger partial charge is 0.451 e. The van der Waals surface area contributed by atoms with Crippen LogP contribution < -0.4 is 5.32 Å². The maximum atomic E-state index is 12.4. The molecule has 2 heterocycles. The van der Waals surface area contributed by atoms with Gasteiger partial charge in [-0.25, -0.2) is 4.98 Å². The van der Waals surface area contributed by atoms with Crippen LogP contribution in [0.25, 0.3) is 33.5 Å². The number of hydrogen-bond donors (Lipinski definition) is 1. The average molecular weight is 354 g/mol.